The highest BCUT2D eigenvalue weighted by molar-refractivity contribution is 7.89. The monoisotopic (exact) mass is 363 g/mol. The van der Waals surface area contributed by atoms with Gasteiger partial charge < -0.3 is 9.47 Å². The molecule has 1 aromatic carbocycles. The standard InChI is InChI=1S/C17H21N3O4S/c21-25(22,16-7-3-6-15-17(16)24-11-10-23-15)18-12-13-8-9-20(19-13)14-4-1-2-5-14/h3,6-9,14,18H,1-2,4-5,10-12H2. The number of fused-ring (bicyclic) bond motifs is 1. The Morgan fingerprint density at radius 1 is 1.16 bits per heavy atom. The van der Waals surface area contributed by atoms with E-state index in [2.05, 4.69) is 9.82 Å². The lowest BCUT2D eigenvalue weighted by molar-refractivity contribution is 0.167. The predicted molar refractivity (Wildman–Crippen MR) is 91.2 cm³/mol. The van der Waals surface area contributed by atoms with Gasteiger partial charge in [0.05, 0.1) is 18.3 Å². The lowest BCUT2D eigenvalue weighted by Crippen LogP contribution is -2.26. The first-order valence-corrected chi connectivity index (χ1v) is 10.0. The van der Waals surface area contributed by atoms with Crippen LogP contribution in [0.3, 0.4) is 0 Å². The summed E-state index contributed by atoms with van der Waals surface area (Å²) >= 11 is 0. The van der Waals surface area contributed by atoms with Crippen molar-refractivity contribution in [1.29, 1.82) is 0 Å². The van der Waals surface area contributed by atoms with Crippen molar-refractivity contribution in [3.8, 4) is 11.5 Å². The molecule has 8 heteroatoms. The Morgan fingerprint density at radius 3 is 2.80 bits per heavy atom. The number of ether oxygens (including phenoxy) is 2. The predicted octanol–water partition coefficient (Wildman–Crippen LogP) is 2.25. The smallest absolute Gasteiger partial charge is 0.244 e. The molecule has 0 radical (unpaired) electrons. The molecular weight excluding hydrogens is 342 g/mol. The molecule has 1 aromatic heterocycles. The molecule has 2 aliphatic rings. The number of nitrogens with one attached hydrogen (secondary N) is 1. The second-order valence-electron chi connectivity index (χ2n) is 6.33. The third-order valence-electron chi connectivity index (χ3n) is 4.63. The molecular formula is C17H21N3O4S. The number of rotatable bonds is 5. The Morgan fingerprint density at radius 2 is 1.96 bits per heavy atom. The minimum atomic E-state index is -3.71. The van der Waals surface area contributed by atoms with Crippen LogP contribution in [0.15, 0.2) is 35.4 Å². The van der Waals surface area contributed by atoms with Gasteiger partial charge in [0.15, 0.2) is 11.5 Å². The number of para-hydroxylation sites is 1. The van der Waals surface area contributed by atoms with Crippen molar-refractivity contribution in [2.75, 3.05) is 13.2 Å². The Balaban J connectivity index is 1.49. The van der Waals surface area contributed by atoms with Crippen LogP contribution >= 0.6 is 0 Å². The van der Waals surface area contributed by atoms with E-state index in [9.17, 15) is 8.42 Å². The van der Waals surface area contributed by atoms with Gasteiger partial charge in [0.2, 0.25) is 10.0 Å². The largest absolute Gasteiger partial charge is 0.486 e. The normalized spacial score (nSPS) is 17.8. The van der Waals surface area contributed by atoms with E-state index < -0.39 is 10.0 Å². The lowest BCUT2D eigenvalue weighted by Gasteiger charge is -2.20. The highest BCUT2D eigenvalue weighted by Gasteiger charge is 2.25. The zero-order valence-electron chi connectivity index (χ0n) is 13.8. The van der Waals surface area contributed by atoms with Crippen LogP contribution in [0.5, 0.6) is 11.5 Å². The Hall–Kier alpha value is -2.06. The van der Waals surface area contributed by atoms with Gasteiger partial charge in [0, 0.05) is 6.20 Å². The van der Waals surface area contributed by atoms with Crippen molar-refractivity contribution in [1.82, 2.24) is 14.5 Å². The molecule has 0 amide bonds. The molecule has 2 aromatic rings. The minimum Gasteiger partial charge on any atom is -0.486 e. The van der Waals surface area contributed by atoms with Gasteiger partial charge in [-0.25, -0.2) is 13.1 Å². The van der Waals surface area contributed by atoms with E-state index in [-0.39, 0.29) is 17.2 Å². The molecule has 4 rings (SSSR count). The summed E-state index contributed by atoms with van der Waals surface area (Å²) in [6.07, 6.45) is 6.67. The first-order chi connectivity index (χ1) is 12.1. The van der Waals surface area contributed by atoms with E-state index in [4.69, 9.17) is 9.47 Å². The van der Waals surface area contributed by atoms with Gasteiger partial charge >= 0.3 is 0 Å². The third kappa shape index (κ3) is 3.36. The quantitative estimate of drug-likeness (QED) is 0.881. The van der Waals surface area contributed by atoms with E-state index in [1.165, 1.54) is 18.9 Å². The highest BCUT2D eigenvalue weighted by atomic mass is 32.2. The van der Waals surface area contributed by atoms with Gasteiger partial charge in [0.1, 0.15) is 18.1 Å². The van der Waals surface area contributed by atoms with E-state index in [1.54, 1.807) is 12.1 Å². The maximum atomic E-state index is 12.7. The van der Waals surface area contributed by atoms with Gasteiger partial charge in [-0.15, -0.1) is 0 Å². The Bertz CT molecular complexity index is 857. The summed E-state index contributed by atoms with van der Waals surface area (Å²) in [6.45, 7) is 0.903. The van der Waals surface area contributed by atoms with Crippen LogP contribution in [0.1, 0.15) is 37.4 Å². The summed E-state index contributed by atoms with van der Waals surface area (Å²) in [6, 6.07) is 7.18. The fraction of sp³-hybridized carbons (Fsp3) is 0.471. The fourth-order valence-electron chi connectivity index (χ4n) is 3.35. The van der Waals surface area contributed by atoms with Crippen molar-refractivity contribution in [2.45, 2.75) is 43.2 Å². The van der Waals surface area contributed by atoms with Crippen molar-refractivity contribution in [3.05, 3.63) is 36.2 Å². The summed E-state index contributed by atoms with van der Waals surface area (Å²) in [5.74, 6) is 0.734. The van der Waals surface area contributed by atoms with Crippen molar-refractivity contribution in [3.63, 3.8) is 0 Å². The van der Waals surface area contributed by atoms with Crippen molar-refractivity contribution < 1.29 is 17.9 Å². The second-order valence-corrected chi connectivity index (χ2v) is 8.07. The van der Waals surface area contributed by atoms with Gasteiger partial charge in [-0.3, -0.25) is 4.68 Å². The average molecular weight is 363 g/mol. The Labute approximate surface area is 147 Å². The second kappa shape index (κ2) is 6.68. The van der Waals surface area contributed by atoms with Gasteiger partial charge in [-0.2, -0.15) is 5.10 Å². The fourth-order valence-corrected chi connectivity index (χ4v) is 4.50. The van der Waals surface area contributed by atoms with E-state index in [0.717, 1.165) is 12.8 Å². The zero-order valence-corrected chi connectivity index (χ0v) is 14.7. The average Bonchev–Trinajstić information content (AvgIpc) is 3.31. The van der Waals surface area contributed by atoms with Crippen molar-refractivity contribution >= 4 is 10.0 Å². The van der Waals surface area contributed by atoms with Crippen LogP contribution in [-0.4, -0.2) is 31.4 Å². The molecule has 2 heterocycles. The molecule has 1 N–H and O–H groups in total. The number of hydrogen-bond acceptors (Lipinski definition) is 5. The Kier molecular flexibility index (Phi) is 4.39. The van der Waals surface area contributed by atoms with Gasteiger partial charge in [-0.1, -0.05) is 18.9 Å². The highest BCUT2D eigenvalue weighted by Crippen LogP contribution is 2.36. The number of benzene rings is 1. The zero-order chi connectivity index (χ0) is 17.3. The molecule has 1 fully saturated rings. The molecule has 0 bridgehead atoms. The maximum absolute atomic E-state index is 12.7. The molecule has 1 saturated carbocycles. The molecule has 0 atom stereocenters. The summed E-state index contributed by atoms with van der Waals surface area (Å²) in [7, 11) is -3.71. The van der Waals surface area contributed by atoms with Crippen LogP contribution in [0, 0.1) is 0 Å². The van der Waals surface area contributed by atoms with E-state index in [0.29, 0.717) is 30.7 Å². The molecule has 0 unspecified atom stereocenters. The van der Waals surface area contributed by atoms with Crippen LogP contribution in [0.25, 0.3) is 0 Å². The van der Waals surface area contributed by atoms with Crippen molar-refractivity contribution in [2.24, 2.45) is 0 Å². The molecule has 0 saturated heterocycles. The molecule has 7 nitrogen and oxygen atoms in total. The van der Waals surface area contributed by atoms with Gasteiger partial charge in [-0.05, 0) is 31.0 Å². The SMILES string of the molecule is O=S(=O)(NCc1ccn(C2CCCC2)n1)c1cccc2c1OCCO2. The molecule has 25 heavy (non-hydrogen) atoms. The van der Waals surface area contributed by atoms with E-state index >= 15 is 0 Å². The molecule has 134 valence electrons. The van der Waals surface area contributed by atoms with Gasteiger partial charge in [0.25, 0.3) is 0 Å². The maximum Gasteiger partial charge on any atom is 0.244 e. The number of sulfonamides is 1. The topological polar surface area (TPSA) is 82.5 Å². The lowest BCUT2D eigenvalue weighted by atomic mass is 10.3. The van der Waals surface area contributed by atoms with Crippen LogP contribution in [0.2, 0.25) is 0 Å². The van der Waals surface area contributed by atoms with Crippen LogP contribution in [-0.2, 0) is 16.6 Å². The van der Waals surface area contributed by atoms with Crippen LogP contribution in [0.4, 0.5) is 0 Å². The minimum absolute atomic E-state index is 0.0972. The molecule has 1 aliphatic heterocycles. The van der Waals surface area contributed by atoms with E-state index in [1.807, 2.05) is 16.9 Å². The molecule has 1 aliphatic carbocycles. The number of hydrogen-bond donors (Lipinski definition) is 1. The summed E-state index contributed by atoms with van der Waals surface area (Å²) in [5, 5.41) is 4.51. The van der Waals surface area contributed by atoms with Crippen LogP contribution < -0.4 is 14.2 Å². The third-order valence-corrected chi connectivity index (χ3v) is 6.05. The summed E-state index contributed by atoms with van der Waals surface area (Å²) < 4.78 is 40.8. The first-order valence-electron chi connectivity index (χ1n) is 8.56. The number of nitrogens with zero attached hydrogens (tertiary/aromatic N) is 2. The molecule has 0 spiro atoms. The first kappa shape index (κ1) is 16.4. The summed E-state index contributed by atoms with van der Waals surface area (Å²) in [5.41, 5.74) is 0.706. The summed E-state index contributed by atoms with van der Waals surface area (Å²) in [4.78, 5) is 0.0972. The number of aromatic nitrogens is 2.